The number of carbonyl (C=O) groups is 1. The molecular weight excluding hydrogens is 333 g/mol. The third kappa shape index (κ3) is 2.85. The molecule has 0 saturated carbocycles. The van der Waals surface area contributed by atoms with Gasteiger partial charge in [0.15, 0.2) is 5.78 Å². The van der Waals surface area contributed by atoms with Crippen LogP contribution in [-0.4, -0.2) is 10.8 Å². The predicted octanol–water partition coefficient (Wildman–Crippen LogP) is 4.56. The van der Waals surface area contributed by atoms with Crippen molar-refractivity contribution in [2.75, 3.05) is 0 Å². The number of fused-ring (bicyclic) bond motifs is 1. The number of aromatic nitrogens is 1. The summed E-state index contributed by atoms with van der Waals surface area (Å²) in [5.74, 6) is -0.543. The van der Waals surface area contributed by atoms with Gasteiger partial charge >= 0.3 is 0 Å². The van der Waals surface area contributed by atoms with E-state index in [4.69, 9.17) is 0 Å². The minimum Gasteiger partial charge on any atom is -0.294 e. The molecule has 0 unspecified atom stereocenters. The maximum absolute atomic E-state index is 13.5. The van der Waals surface area contributed by atoms with Crippen molar-refractivity contribution in [1.29, 1.82) is 0 Å². The van der Waals surface area contributed by atoms with E-state index in [9.17, 15) is 9.18 Å². The lowest BCUT2D eigenvalue weighted by atomic mass is 10.00. The Morgan fingerprint density at radius 3 is 2.76 bits per heavy atom. The van der Waals surface area contributed by atoms with Crippen LogP contribution in [0.1, 0.15) is 15.9 Å². The van der Waals surface area contributed by atoms with E-state index in [2.05, 4.69) is 20.9 Å². The van der Waals surface area contributed by atoms with Gasteiger partial charge in [0.05, 0.1) is 9.99 Å². The highest BCUT2D eigenvalue weighted by Gasteiger charge is 2.11. The number of hydrogen-bond donors (Lipinski definition) is 0. The van der Waals surface area contributed by atoms with Gasteiger partial charge in [-0.2, -0.15) is 0 Å². The van der Waals surface area contributed by atoms with Crippen molar-refractivity contribution in [1.82, 2.24) is 4.98 Å². The van der Waals surface area contributed by atoms with Crippen LogP contribution in [0.5, 0.6) is 0 Å². The van der Waals surface area contributed by atoms with Crippen LogP contribution < -0.4 is 0 Å². The molecule has 104 valence electrons. The van der Waals surface area contributed by atoms with Gasteiger partial charge in [-0.25, -0.2) is 4.39 Å². The van der Waals surface area contributed by atoms with Crippen LogP contribution in [0.2, 0.25) is 0 Å². The molecule has 0 atom stereocenters. The molecule has 0 aliphatic rings. The number of halogens is 2. The molecule has 1 heterocycles. The van der Waals surface area contributed by atoms with Gasteiger partial charge in [-0.15, -0.1) is 0 Å². The number of benzene rings is 2. The minimum absolute atomic E-state index is 0.113. The van der Waals surface area contributed by atoms with Gasteiger partial charge in [0.25, 0.3) is 0 Å². The maximum atomic E-state index is 13.5. The van der Waals surface area contributed by atoms with Crippen LogP contribution in [0.25, 0.3) is 10.9 Å². The molecule has 0 fully saturated rings. The first kappa shape index (κ1) is 13.9. The summed E-state index contributed by atoms with van der Waals surface area (Å²) in [7, 11) is 0. The van der Waals surface area contributed by atoms with Gasteiger partial charge in [-0.1, -0.05) is 24.3 Å². The summed E-state index contributed by atoms with van der Waals surface area (Å²) in [5.41, 5.74) is 2.12. The number of para-hydroxylation sites is 1. The third-order valence-corrected chi connectivity index (χ3v) is 3.98. The zero-order chi connectivity index (χ0) is 14.8. The molecule has 3 aromatic rings. The summed E-state index contributed by atoms with van der Waals surface area (Å²) >= 11 is 3.08. The van der Waals surface area contributed by atoms with Crippen molar-refractivity contribution in [2.24, 2.45) is 0 Å². The third-order valence-electron chi connectivity index (χ3n) is 3.33. The van der Waals surface area contributed by atoms with Gasteiger partial charge in [0.1, 0.15) is 5.82 Å². The summed E-state index contributed by atoms with van der Waals surface area (Å²) in [6.07, 6.45) is 1.91. The molecule has 21 heavy (non-hydrogen) atoms. The summed E-state index contributed by atoms with van der Waals surface area (Å²) in [4.78, 5) is 16.6. The van der Waals surface area contributed by atoms with Crippen LogP contribution in [0.4, 0.5) is 4.39 Å². The quantitative estimate of drug-likeness (QED) is 0.652. The van der Waals surface area contributed by atoms with Crippen LogP contribution >= 0.6 is 15.9 Å². The predicted molar refractivity (Wildman–Crippen MR) is 83.9 cm³/mol. The fourth-order valence-corrected chi connectivity index (χ4v) is 2.50. The highest BCUT2D eigenvalue weighted by atomic mass is 79.9. The van der Waals surface area contributed by atoms with E-state index in [0.717, 1.165) is 16.5 Å². The van der Waals surface area contributed by atoms with Crippen molar-refractivity contribution in [2.45, 2.75) is 6.42 Å². The Labute approximate surface area is 129 Å². The van der Waals surface area contributed by atoms with Crippen molar-refractivity contribution in [3.8, 4) is 0 Å². The molecule has 0 aliphatic heterocycles. The molecule has 3 rings (SSSR count). The second-order valence-electron chi connectivity index (χ2n) is 4.72. The average molecular weight is 344 g/mol. The smallest absolute Gasteiger partial charge is 0.167 e. The highest BCUT2D eigenvalue weighted by Crippen LogP contribution is 2.20. The zero-order valence-corrected chi connectivity index (χ0v) is 12.6. The normalized spacial score (nSPS) is 10.8. The standard InChI is InChI=1S/C17H11BrFNO/c18-14-6-5-12(9-15(14)19)17(21)10-11-7-8-20-16-4-2-1-3-13(11)16/h1-9H,10H2. The van der Waals surface area contributed by atoms with Crippen molar-refractivity contribution in [3.63, 3.8) is 0 Å². The second kappa shape index (κ2) is 5.74. The largest absolute Gasteiger partial charge is 0.294 e. The topological polar surface area (TPSA) is 30.0 Å². The zero-order valence-electron chi connectivity index (χ0n) is 11.0. The Balaban J connectivity index is 1.94. The molecule has 4 heteroatoms. The van der Waals surface area contributed by atoms with Gasteiger partial charge < -0.3 is 0 Å². The first-order valence-electron chi connectivity index (χ1n) is 6.46. The molecule has 1 aromatic heterocycles. The Morgan fingerprint density at radius 1 is 1.14 bits per heavy atom. The number of pyridine rings is 1. The maximum Gasteiger partial charge on any atom is 0.167 e. The summed E-state index contributed by atoms with van der Waals surface area (Å²) in [6, 6.07) is 13.9. The summed E-state index contributed by atoms with van der Waals surface area (Å²) < 4.78 is 13.9. The number of rotatable bonds is 3. The average Bonchev–Trinajstić information content (AvgIpc) is 2.50. The fourth-order valence-electron chi connectivity index (χ4n) is 2.25. The van der Waals surface area contributed by atoms with Gasteiger partial charge in [0, 0.05) is 23.6 Å². The van der Waals surface area contributed by atoms with Crippen molar-refractivity contribution in [3.05, 3.63) is 76.1 Å². The monoisotopic (exact) mass is 343 g/mol. The molecular formula is C17H11BrFNO. The Kier molecular flexibility index (Phi) is 3.80. The van der Waals surface area contributed by atoms with Crippen molar-refractivity contribution < 1.29 is 9.18 Å². The first-order chi connectivity index (χ1) is 10.1. The Hall–Kier alpha value is -2.07. The second-order valence-corrected chi connectivity index (χ2v) is 5.57. The highest BCUT2D eigenvalue weighted by molar-refractivity contribution is 9.10. The molecule has 0 saturated heterocycles. The summed E-state index contributed by atoms with van der Waals surface area (Å²) in [6.45, 7) is 0. The summed E-state index contributed by atoms with van der Waals surface area (Å²) in [5, 5.41) is 0.950. The van der Waals surface area contributed by atoms with E-state index < -0.39 is 5.82 Å². The Bertz CT molecular complexity index is 827. The first-order valence-corrected chi connectivity index (χ1v) is 7.25. The van der Waals surface area contributed by atoms with Crippen LogP contribution in [0, 0.1) is 5.82 Å². The number of Topliss-reactive ketones (excluding diaryl/α,β-unsaturated/α-hetero) is 1. The number of nitrogens with zero attached hydrogens (tertiary/aromatic N) is 1. The van der Waals surface area contributed by atoms with Crippen LogP contribution in [0.15, 0.2) is 59.2 Å². The van der Waals surface area contributed by atoms with E-state index in [1.54, 1.807) is 18.3 Å². The SMILES string of the molecule is O=C(Cc1ccnc2ccccc12)c1ccc(Br)c(F)c1. The number of hydrogen-bond acceptors (Lipinski definition) is 2. The minimum atomic E-state index is -0.430. The molecule has 0 amide bonds. The van der Waals surface area contributed by atoms with E-state index in [-0.39, 0.29) is 12.2 Å². The lowest BCUT2D eigenvalue weighted by Gasteiger charge is -2.06. The van der Waals surface area contributed by atoms with E-state index >= 15 is 0 Å². The van der Waals surface area contributed by atoms with Gasteiger partial charge in [-0.05, 0) is 45.8 Å². The van der Waals surface area contributed by atoms with E-state index in [0.29, 0.717) is 10.0 Å². The number of carbonyl (C=O) groups excluding carboxylic acids is 1. The molecule has 0 spiro atoms. The Morgan fingerprint density at radius 2 is 1.95 bits per heavy atom. The van der Waals surface area contributed by atoms with Crippen molar-refractivity contribution >= 4 is 32.6 Å². The molecule has 0 radical (unpaired) electrons. The van der Waals surface area contributed by atoms with Crippen LogP contribution in [-0.2, 0) is 6.42 Å². The molecule has 2 nitrogen and oxygen atoms in total. The number of ketones is 1. The van der Waals surface area contributed by atoms with Gasteiger partial charge in [-0.3, -0.25) is 9.78 Å². The van der Waals surface area contributed by atoms with Crippen LogP contribution in [0.3, 0.4) is 0 Å². The molecule has 0 bridgehead atoms. The molecule has 0 N–H and O–H groups in total. The fraction of sp³-hybridized carbons (Fsp3) is 0.0588. The molecule has 2 aromatic carbocycles. The molecule has 0 aliphatic carbocycles. The lowest BCUT2D eigenvalue weighted by Crippen LogP contribution is -2.05. The van der Waals surface area contributed by atoms with Gasteiger partial charge in [0.2, 0.25) is 0 Å². The van der Waals surface area contributed by atoms with E-state index in [1.165, 1.54) is 6.07 Å². The lowest BCUT2D eigenvalue weighted by molar-refractivity contribution is 0.0993. The van der Waals surface area contributed by atoms with E-state index in [1.807, 2.05) is 30.3 Å².